The van der Waals surface area contributed by atoms with E-state index in [-0.39, 0.29) is 17.3 Å². The molecule has 0 aliphatic carbocycles. The number of carbonyl (C=O) groups is 2. The molecule has 5 nitrogen and oxygen atoms in total. The van der Waals surface area contributed by atoms with Crippen molar-refractivity contribution in [2.45, 2.75) is 18.2 Å². The third kappa shape index (κ3) is 6.68. The van der Waals surface area contributed by atoms with Crippen LogP contribution < -0.4 is 5.32 Å². The average molecular weight is 434 g/mol. The van der Waals surface area contributed by atoms with Gasteiger partial charge < -0.3 is 10.1 Å². The lowest BCUT2D eigenvalue weighted by Gasteiger charge is -2.09. The fraction of sp³-hybridized carbons (Fsp3) is 0.235. The van der Waals surface area contributed by atoms with Crippen LogP contribution in [0.2, 0.25) is 15.1 Å². The summed E-state index contributed by atoms with van der Waals surface area (Å²) in [6.07, 6.45) is 0.180. The van der Waals surface area contributed by atoms with Crippen LogP contribution in [-0.2, 0) is 14.3 Å². The van der Waals surface area contributed by atoms with Crippen molar-refractivity contribution in [3.8, 4) is 0 Å². The lowest BCUT2D eigenvalue weighted by atomic mass is 10.3. The molecular weight excluding hydrogens is 419 g/mol. The number of anilines is 1. The zero-order valence-corrected chi connectivity index (χ0v) is 16.8. The molecule has 1 aromatic heterocycles. The second kappa shape index (κ2) is 10.0. The van der Waals surface area contributed by atoms with Crippen LogP contribution in [0, 0.1) is 6.92 Å². The Hall–Kier alpha value is -1.47. The molecule has 0 bridgehead atoms. The van der Waals surface area contributed by atoms with Crippen LogP contribution in [0.4, 0.5) is 5.82 Å². The maximum Gasteiger partial charge on any atom is 0.307 e. The molecule has 0 aliphatic heterocycles. The Kier molecular flexibility index (Phi) is 8.03. The minimum atomic E-state index is -0.528. The predicted octanol–water partition coefficient (Wildman–Crippen LogP) is 5.01. The molecule has 0 aliphatic rings. The van der Waals surface area contributed by atoms with Crippen molar-refractivity contribution in [2.75, 3.05) is 17.7 Å². The van der Waals surface area contributed by atoms with Crippen molar-refractivity contribution in [1.82, 2.24) is 4.98 Å². The van der Waals surface area contributed by atoms with E-state index in [2.05, 4.69) is 10.3 Å². The number of nitrogens with zero attached hydrogens (tertiary/aromatic N) is 1. The summed E-state index contributed by atoms with van der Waals surface area (Å²) in [5.74, 6) is -0.285. The summed E-state index contributed by atoms with van der Waals surface area (Å²) in [5.41, 5.74) is 0.530. The van der Waals surface area contributed by atoms with Crippen LogP contribution >= 0.6 is 46.6 Å². The Bertz CT molecular complexity index is 801. The molecule has 9 heteroatoms. The number of rotatable bonds is 7. The van der Waals surface area contributed by atoms with Gasteiger partial charge in [0.05, 0.1) is 22.2 Å². The molecule has 26 heavy (non-hydrogen) atoms. The topological polar surface area (TPSA) is 68.3 Å². The monoisotopic (exact) mass is 432 g/mol. The molecule has 138 valence electrons. The lowest BCUT2D eigenvalue weighted by molar-refractivity contribution is -0.146. The van der Waals surface area contributed by atoms with Crippen molar-refractivity contribution >= 4 is 64.3 Å². The molecular formula is C17H15Cl3N2O3S. The van der Waals surface area contributed by atoms with E-state index in [0.29, 0.717) is 21.5 Å². The van der Waals surface area contributed by atoms with E-state index in [9.17, 15) is 9.59 Å². The van der Waals surface area contributed by atoms with Gasteiger partial charge in [-0.3, -0.25) is 9.59 Å². The second-order valence-corrected chi connectivity index (χ2v) is 7.57. The summed E-state index contributed by atoms with van der Waals surface area (Å²) in [6.45, 7) is 1.27. The zero-order chi connectivity index (χ0) is 19.1. The molecule has 0 unspecified atom stereocenters. The third-order valence-corrected chi connectivity index (χ3v) is 5.05. The first-order chi connectivity index (χ1) is 12.3. The van der Waals surface area contributed by atoms with Gasteiger partial charge in [-0.25, -0.2) is 4.98 Å². The molecule has 0 radical (unpaired) electrons. The molecule has 0 spiro atoms. The Balaban J connectivity index is 1.72. The lowest BCUT2D eigenvalue weighted by Crippen LogP contribution is -2.22. The number of aromatic nitrogens is 1. The van der Waals surface area contributed by atoms with E-state index in [1.165, 1.54) is 17.8 Å². The molecule has 0 saturated carbocycles. The van der Waals surface area contributed by atoms with E-state index in [1.54, 1.807) is 19.1 Å². The van der Waals surface area contributed by atoms with Crippen LogP contribution in [-0.4, -0.2) is 29.2 Å². The van der Waals surface area contributed by atoms with Crippen LogP contribution in [0.1, 0.15) is 12.1 Å². The fourth-order valence-electron chi connectivity index (χ4n) is 1.82. The maximum absolute atomic E-state index is 11.9. The number of halogens is 3. The summed E-state index contributed by atoms with van der Waals surface area (Å²) < 4.78 is 4.94. The van der Waals surface area contributed by atoms with E-state index in [4.69, 9.17) is 39.5 Å². The standard InChI is InChI=1S/C17H15Cl3N2O3S/c1-10-13(19)8-14(20)17(21-10)22-15(23)9-25-16(24)6-7-26-12-4-2-11(18)3-5-12/h2-5,8H,6-7,9H2,1H3,(H,21,22,23). The largest absolute Gasteiger partial charge is 0.456 e. The number of carbonyl (C=O) groups excluding carboxylic acids is 2. The highest BCUT2D eigenvalue weighted by molar-refractivity contribution is 7.99. The summed E-state index contributed by atoms with van der Waals surface area (Å²) in [7, 11) is 0. The van der Waals surface area contributed by atoms with E-state index in [1.807, 2.05) is 12.1 Å². The van der Waals surface area contributed by atoms with Crippen molar-refractivity contribution in [2.24, 2.45) is 0 Å². The third-order valence-electron chi connectivity index (χ3n) is 3.12. The maximum atomic E-state index is 11.9. The minimum absolute atomic E-state index is 0.174. The number of hydrogen-bond donors (Lipinski definition) is 1. The van der Waals surface area contributed by atoms with Gasteiger partial charge >= 0.3 is 5.97 Å². The number of nitrogens with one attached hydrogen (secondary N) is 1. The molecule has 1 heterocycles. The van der Waals surface area contributed by atoms with Gasteiger partial charge in [0.15, 0.2) is 12.4 Å². The summed E-state index contributed by atoms with van der Waals surface area (Å²) in [6, 6.07) is 8.79. The number of ether oxygens (including phenoxy) is 1. The van der Waals surface area contributed by atoms with Gasteiger partial charge in [-0.1, -0.05) is 34.8 Å². The van der Waals surface area contributed by atoms with Crippen LogP contribution in [0.15, 0.2) is 35.2 Å². The van der Waals surface area contributed by atoms with Crippen molar-refractivity contribution in [3.63, 3.8) is 0 Å². The summed E-state index contributed by atoms with van der Waals surface area (Å²) in [4.78, 5) is 28.6. The molecule has 1 aromatic carbocycles. The smallest absolute Gasteiger partial charge is 0.307 e. The molecule has 2 rings (SSSR count). The van der Waals surface area contributed by atoms with Crippen molar-refractivity contribution in [1.29, 1.82) is 0 Å². The average Bonchev–Trinajstić information content (AvgIpc) is 2.59. The summed E-state index contributed by atoms with van der Waals surface area (Å²) in [5, 5.41) is 3.75. The number of hydrogen-bond acceptors (Lipinski definition) is 5. The van der Waals surface area contributed by atoms with Gasteiger partial charge in [0, 0.05) is 15.7 Å². The second-order valence-electron chi connectivity index (χ2n) is 5.15. The molecule has 2 aromatic rings. The van der Waals surface area contributed by atoms with Crippen LogP contribution in [0.3, 0.4) is 0 Å². The summed E-state index contributed by atoms with van der Waals surface area (Å²) >= 11 is 19.2. The van der Waals surface area contributed by atoms with E-state index < -0.39 is 18.5 Å². The first-order valence-electron chi connectivity index (χ1n) is 7.51. The van der Waals surface area contributed by atoms with Gasteiger partial charge in [-0.2, -0.15) is 0 Å². The highest BCUT2D eigenvalue weighted by atomic mass is 35.5. The van der Waals surface area contributed by atoms with Gasteiger partial charge in [0.1, 0.15) is 0 Å². The minimum Gasteiger partial charge on any atom is -0.456 e. The Labute approximate surface area is 170 Å². The number of amides is 1. The van der Waals surface area contributed by atoms with Gasteiger partial charge in [-0.05, 0) is 37.3 Å². The van der Waals surface area contributed by atoms with Gasteiger partial charge in [-0.15, -0.1) is 11.8 Å². The Morgan fingerprint density at radius 3 is 2.54 bits per heavy atom. The molecule has 0 atom stereocenters. The van der Waals surface area contributed by atoms with Crippen LogP contribution in [0.25, 0.3) is 0 Å². The molecule has 1 amide bonds. The fourth-order valence-corrected chi connectivity index (χ4v) is 3.18. The van der Waals surface area contributed by atoms with E-state index >= 15 is 0 Å². The van der Waals surface area contributed by atoms with Crippen molar-refractivity contribution < 1.29 is 14.3 Å². The first-order valence-corrected chi connectivity index (χ1v) is 9.63. The Morgan fingerprint density at radius 2 is 1.85 bits per heavy atom. The first kappa shape index (κ1) is 20.8. The van der Waals surface area contributed by atoms with Crippen LogP contribution in [0.5, 0.6) is 0 Å². The SMILES string of the molecule is Cc1nc(NC(=O)COC(=O)CCSc2ccc(Cl)cc2)c(Cl)cc1Cl. The van der Waals surface area contributed by atoms with Gasteiger partial charge in [0.2, 0.25) is 0 Å². The zero-order valence-electron chi connectivity index (χ0n) is 13.7. The van der Waals surface area contributed by atoms with Gasteiger partial charge in [0.25, 0.3) is 5.91 Å². The predicted molar refractivity (Wildman–Crippen MR) is 105 cm³/mol. The normalized spacial score (nSPS) is 10.5. The molecule has 0 fully saturated rings. The number of thioether (sulfide) groups is 1. The molecule has 1 N–H and O–H groups in total. The number of benzene rings is 1. The van der Waals surface area contributed by atoms with E-state index in [0.717, 1.165) is 4.90 Å². The number of aryl methyl sites for hydroxylation is 1. The number of esters is 1. The highest BCUT2D eigenvalue weighted by Gasteiger charge is 2.12. The quantitative estimate of drug-likeness (QED) is 0.491. The number of pyridine rings is 1. The highest BCUT2D eigenvalue weighted by Crippen LogP contribution is 2.25. The molecule has 0 saturated heterocycles. The Morgan fingerprint density at radius 1 is 1.15 bits per heavy atom. The van der Waals surface area contributed by atoms with Crippen molar-refractivity contribution in [3.05, 3.63) is 51.1 Å².